The number of H-pyrrole nitrogens is 1. The van der Waals surface area contributed by atoms with Gasteiger partial charge in [0.2, 0.25) is 5.91 Å². The first kappa shape index (κ1) is 24.6. The van der Waals surface area contributed by atoms with E-state index >= 15 is 0 Å². The number of aryl methyl sites for hydroxylation is 1. The Labute approximate surface area is 197 Å². The van der Waals surface area contributed by atoms with E-state index in [9.17, 15) is 33.3 Å². The smallest absolute Gasteiger partial charge is 0.383 e. The van der Waals surface area contributed by atoms with Crippen molar-refractivity contribution in [1.82, 2.24) is 10.3 Å². The highest BCUT2D eigenvalue weighted by Crippen LogP contribution is 2.35. The lowest BCUT2D eigenvalue weighted by molar-refractivity contribution is -0.730. The summed E-state index contributed by atoms with van der Waals surface area (Å²) in [6, 6.07) is 6.09. The predicted octanol–water partition coefficient (Wildman–Crippen LogP) is 2.58. The molecule has 0 radical (unpaired) electrons. The molecule has 1 aromatic carbocycles. The van der Waals surface area contributed by atoms with E-state index in [2.05, 4.69) is 20.1 Å². The molecule has 2 aromatic heterocycles. The number of amides is 1. The summed E-state index contributed by atoms with van der Waals surface area (Å²) in [7, 11) is 1.40. The van der Waals surface area contributed by atoms with Crippen LogP contribution in [-0.4, -0.2) is 21.9 Å². The Morgan fingerprint density at radius 2 is 2.03 bits per heavy atom. The van der Waals surface area contributed by atoms with Gasteiger partial charge in [-0.05, 0) is 23.5 Å². The van der Waals surface area contributed by atoms with Crippen molar-refractivity contribution in [1.29, 1.82) is 10.5 Å². The summed E-state index contributed by atoms with van der Waals surface area (Å²) < 4.78 is 44.6. The van der Waals surface area contributed by atoms with Crippen LogP contribution in [-0.2, 0) is 18.0 Å². The van der Waals surface area contributed by atoms with Gasteiger partial charge in [-0.1, -0.05) is 28.0 Å². The van der Waals surface area contributed by atoms with Crippen molar-refractivity contribution in [3.63, 3.8) is 0 Å². The molecular formula is C19H12ClF3N7O3S+. The van der Waals surface area contributed by atoms with E-state index in [1.807, 2.05) is 6.07 Å². The number of benzene rings is 1. The highest BCUT2D eigenvalue weighted by molar-refractivity contribution is 8.00. The number of halogens is 4. The number of rotatable bonds is 5. The number of alkyl halides is 3. The third-order valence-corrected chi connectivity index (χ3v) is 5.67. The second kappa shape index (κ2) is 9.46. The van der Waals surface area contributed by atoms with E-state index in [1.165, 1.54) is 7.05 Å². The van der Waals surface area contributed by atoms with Crippen LogP contribution >= 0.6 is 23.4 Å². The largest absolute Gasteiger partial charge is 0.435 e. The standard InChI is InChI=1S/C19H11ClF3N7O3S/c1-30-15(18(32)33-29-30)14-9(5-24)16(26)28-17(10(14)6-25)34-7-13(31)27-12-4-8(19(21,22)23)2-3-11(12)20/h2-4H,7H2,1H3,(H3-,26,27,28,29,31,32)/p+1. The van der Waals surface area contributed by atoms with Crippen LogP contribution in [0.4, 0.5) is 24.7 Å². The highest BCUT2D eigenvalue weighted by atomic mass is 35.5. The zero-order valence-electron chi connectivity index (χ0n) is 17.0. The van der Waals surface area contributed by atoms with Crippen molar-refractivity contribution < 1.29 is 27.2 Å². The summed E-state index contributed by atoms with van der Waals surface area (Å²) in [5, 5.41) is 23.5. The van der Waals surface area contributed by atoms with Crippen LogP contribution < -0.4 is 21.4 Å². The Kier molecular flexibility index (Phi) is 6.85. The van der Waals surface area contributed by atoms with Crippen molar-refractivity contribution in [2.45, 2.75) is 11.2 Å². The van der Waals surface area contributed by atoms with Crippen LogP contribution in [0.5, 0.6) is 0 Å². The minimum Gasteiger partial charge on any atom is -0.383 e. The number of thioether (sulfide) groups is 1. The first-order valence-corrected chi connectivity index (χ1v) is 10.3. The number of nitriles is 2. The van der Waals surface area contributed by atoms with E-state index < -0.39 is 29.0 Å². The predicted molar refractivity (Wildman–Crippen MR) is 113 cm³/mol. The quantitative estimate of drug-likeness (QED) is 0.348. The number of carbonyl (C=O) groups excluding carboxylic acids is 1. The zero-order chi connectivity index (χ0) is 25.2. The number of pyridine rings is 1. The second-order valence-corrected chi connectivity index (χ2v) is 7.94. The van der Waals surface area contributed by atoms with E-state index in [4.69, 9.17) is 17.3 Å². The molecule has 4 N–H and O–H groups in total. The molecule has 0 aliphatic heterocycles. The fourth-order valence-corrected chi connectivity index (χ4v) is 3.83. The number of hydrogen-bond acceptors (Lipinski definition) is 8. The van der Waals surface area contributed by atoms with E-state index in [0.29, 0.717) is 6.07 Å². The average Bonchev–Trinajstić information content (AvgIpc) is 3.10. The molecule has 15 heteroatoms. The fraction of sp³-hybridized carbons (Fsp3) is 0.158. The Bertz CT molecular complexity index is 1440. The summed E-state index contributed by atoms with van der Waals surface area (Å²) in [5.41, 5.74) is 2.91. The van der Waals surface area contributed by atoms with Gasteiger partial charge in [0.15, 0.2) is 7.05 Å². The van der Waals surface area contributed by atoms with Crippen LogP contribution in [0, 0.1) is 22.7 Å². The zero-order valence-corrected chi connectivity index (χ0v) is 18.5. The van der Waals surface area contributed by atoms with Crippen LogP contribution in [0.25, 0.3) is 11.3 Å². The van der Waals surface area contributed by atoms with Gasteiger partial charge in [-0.15, -0.1) is 0 Å². The minimum atomic E-state index is -4.64. The molecule has 0 unspecified atom stereocenters. The molecule has 0 saturated carbocycles. The molecule has 0 aliphatic carbocycles. The summed E-state index contributed by atoms with van der Waals surface area (Å²) in [6.45, 7) is 0. The van der Waals surface area contributed by atoms with Gasteiger partial charge in [-0.2, -0.15) is 23.7 Å². The molecule has 174 valence electrons. The molecule has 0 aliphatic rings. The molecule has 3 aromatic rings. The molecule has 3 rings (SSSR count). The lowest BCUT2D eigenvalue weighted by Crippen LogP contribution is -2.34. The van der Waals surface area contributed by atoms with Gasteiger partial charge in [-0.3, -0.25) is 9.32 Å². The van der Waals surface area contributed by atoms with E-state index in [-0.39, 0.29) is 43.9 Å². The van der Waals surface area contributed by atoms with Gasteiger partial charge in [0.25, 0.3) is 0 Å². The Hall–Kier alpha value is -4.01. The SMILES string of the molecule is C[n+]1[nH]oc(=O)c1-c1c(C#N)c(N)nc(SCC(=O)Nc2cc(C(F)(F)F)ccc2Cl)c1C#N. The maximum absolute atomic E-state index is 12.9. The first-order chi connectivity index (χ1) is 16.0. The number of nitrogens with one attached hydrogen (secondary N) is 2. The summed E-state index contributed by atoms with van der Waals surface area (Å²) >= 11 is 6.60. The maximum Gasteiger partial charge on any atom is 0.435 e. The molecule has 0 spiro atoms. The Morgan fingerprint density at radius 3 is 2.59 bits per heavy atom. The maximum atomic E-state index is 12.9. The summed E-state index contributed by atoms with van der Waals surface area (Å²) in [4.78, 5) is 28.5. The van der Waals surface area contributed by atoms with Gasteiger partial charge in [0, 0.05) is 0 Å². The molecular weight excluding hydrogens is 499 g/mol. The number of hydrogen-bond donors (Lipinski definition) is 3. The van der Waals surface area contributed by atoms with E-state index in [1.54, 1.807) is 6.07 Å². The number of nitrogens with two attached hydrogens (primary N) is 1. The lowest BCUT2D eigenvalue weighted by atomic mass is 10.0. The number of anilines is 2. The third kappa shape index (κ3) is 4.83. The molecule has 0 atom stereocenters. The minimum absolute atomic E-state index is 0.0834. The number of nitrogen functional groups attached to an aromatic ring is 1. The van der Waals surface area contributed by atoms with Crippen molar-refractivity contribution in [3.05, 3.63) is 50.3 Å². The number of carbonyl (C=O) groups is 1. The highest BCUT2D eigenvalue weighted by Gasteiger charge is 2.32. The first-order valence-electron chi connectivity index (χ1n) is 8.98. The molecule has 1 amide bonds. The number of nitrogens with zero attached hydrogens (tertiary/aromatic N) is 4. The lowest BCUT2D eigenvalue weighted by Gasteiger charge is -2.12. The van der Waals surface area contributed by atoms with Crippen molar-refractivity contribution in [3.8, 4) is 23.4 Å². The van der Waals surface area contributed by atoms with Crippen LogP contribution in [0.3, 0.4) is 0 Å². The van der Waals surface area contributed by atoms with Crippen LogP contribution in [0.15, 0.2) is 32.5 Å². The summed E-state index contributed by atoms with van der Waals surface area (Å²) in [6.07, 6.45) is -4.64. The van der Waals surface area contributed by atoms with Crippen molar-refractivity contribution in [2.75, 3.05) is 16.8 Å². The van der Waals surface area contributed by atoms with Crippen molar-refractivity contribution >= 4 is 40.8 Å². The third-order valence-electron chi connectivity index (χ3n) is 4.36. The van der Waals surface area contributed by atoms with Gasteiger partial charge in [0.05, 0.1) is 27.6 Å². The molecule has 2 heterocycles. The Morgan fingerprint density at radius 1 is 1.35 bits per heavy atom. The van der Waals surface area contributed by atoms with Gasteiger partial charge in [0.1, 0.15) is 34.1 Å². The molecule has 0 bridgehead atoms. The average molecular weight is 511 g/mol. The summed E-state index contributed by atoms with van der Waals surface area (Å²) in [5.74, 6) is -1.47. The van der Waals surface area contributed by atoms with Gasteiger partial charge < -0.3 is 11.1 Å². The van der Waals surface area contributed by atoms with Crippen molar-refractivity contribution in [2.24, 2.45) is 7.05 Å². The van der Waals surface area contributed by atoms with Gasteiger partial charge in [-0.25, -0.2) is 9.78 Å². The molecule has 34 heavy (non-hydrogen) atoms. The molecule has 0 saturated heterocycles. The Balaban J connectivity index is 1.93. The fourth-order valence-electron chi connectivity index (χ4n) is 2.87. The van der Waals surface area contributed by atoms with Crippen LogP contribution in [0.2, 0.25) is 5.02 Å². The number of aromatic amines is 1. The van der Waals surface area contributed by atoms with E-state index in [0.717, 1.165) is 28.6 Å². The number of aromatic nitrogens is 3. The molecule has 0 fully saturated rings. The second-order valence-electron chi connectivity index (χ2n) is 6.57. The topological polar surface area (TPSA) is 165 Å². The molecule has 10 nitrogen and oxygen atoms in total. The van der Waals surface area contributed by atoms with Crippen LogP contribution in [0.1, 0.15) is 16.7 Å². The normalized spacial score (nSPS) is 11.0. The van der Waals surface area contributed by atoms with Gasteiger partial charge >= 0.3 is 17.5 Å². The monoisotopic (exact) mass is 510 g/mol.